The van der Waals surface area contributed by atoms with Gasteiger partial charge in [0, 0.05) is 23.9 Å². The molecule has 3 amide bonds. The van der Waals surface area contributed by atoms with Crippen LogP contribution in [-0.2, 0) is 20.9 Å². The molecule has 11 heteroatoms. The number of ether oxygens (including phenoxy) is 4. The molecule has 1 aliphatic heterocycles. The van der Waals surface area contributed by atoms with E-state index in [-0.39, 0.29) is 25.9 Å². The normalized spacial score (nSPS) is 11.6. The van der Waals surface area contributed by atoms with Crippen molar-refractivity contribution in [2.75, 3.05) is 25.8 Å². The van der Waals surface area contributed by atoms with Crippen molar-refractivity contribution in [2.45, 2.75) is 6.54 Å². The van der Waals surface area contributed by atoms with Crippen LogP contribution in [0.4, 0.5) is 5.69 Å². The number of rotatable bonds is 9. The lowest BCUT2D eigenvalue weighted by Gasteiger charge is -2.10. The van der Waals surface area contributed by atoms with Crippen molar-refractivity contribution in [1.29, 1.82) is 0 Å². The highest BCUT2D eigenvalue weighted by Crippen LogP contribution is 2.32. The molecule has 0 fully saturated rings. The summed E-state index contributed by atoms with van der Waals surface area (Å²) in [6.07, 6.45) is 1.32. The van der Waals surface area contributed by atoms with E-state index < -0.39 is 11.8 Å². The number of carbonyl (C=O) groups excluding carboxylic acids is 3. The van der Waals surface area contributed by atoms with E-state index in [0.29, 0.717) is 34.2 Å². The standard InChI is InChI=1S/C26H24N4O7/c1-34-20-7-4-6-19(12-20)29-24(31)15-35-21-8-3-2-5-18(21)14-28-30-26(33)25(32)27-13-17-9-10-22-23(11-17)37-16-36-22/h2-12,14H,13,15-16H2,1H3,(H,27,32)(H,29,31)(H,30,33). The topological polar surface area (TPSA) is 137 Å². The van der Waals surface area contributed by atoms with E-state index in [9.17, 15) is 14.4 Å². The van der Waals surface area contributed by atoms with Crippen LogP contribution in [0.5, 0.6) is 23.0 Å². The average Bonchev–Trinajstić information content (AvgIpc) is 3.39. The summed E-state index contributed by atoms with van der Waals surface area (Å²) < 4.78 is 21.3. The van der Waals surface area contributed by atoms with Gasteiger partial charge in [-0.25, -0.2) is 5.43 Å². The van der Waals surface area contributed by atoms with Crippen LogP contribution in [0.25, 0.3) is 0 Å². The fraction of sp³-hybridized carbons (Fsp3) is 0.154. The highest BCUT2D eigenvalue weighted by Gasteiger charge is 2.15. The number of fused-ring (bicyclic) bond motifs is 1. The molecule has 1 heterocycles. The van der Waals surface area contributed by atoms with Crippen LogP contribution < -0.4 is 35.0 Å². The molecule has 3 N–H and O–H groups in total. The smallest absolute Gasteiger partial charge is 0.329 e. The Kier molecular flexibility index (Phi) is 8.17. The lowest BCUT2D eigenvalue weighted by atomic mass is 10.2. The van der Waals surface area contributed by atoms with Crippen LogP contribution in [0.1, 0.15) is 11.1 Å². The number of benzene rings is 3. The largest absolute Gasteiger partial charge is 0.497 e. The van der Waals surface area contributed by atoms with Gasteiger partial charge in [0.25, 0.3) is 5.91 Å². The molecule has 1 aliphatic rings. The number of carbonyl (C=O) groups is 3. The van der Waals surface area contributed by atoms with Crippen molar-refractivity contribution in [3.05, 3.63) is 77.9 Å². The lowest BCUT2D eigenvalue weighted by molar-refractivity contribution is -0.139. The van der Waals surface area contributed by atoms with Gasteiger partial charge >= 0.3 is 11.8 Å². The number of para-hydroxylation sites is 1. The Morgan fingerprint density at radius 3 is 2.68 bits per heavy atom. The van der Waals surface area contributed by atoms with Crippen LogP contribution in [-0.4, -0.2) is 44.4 Å². The van der Waals surface area contributed by atoms with Gasteiger partial charge in [0.1, 0.15) is 11.5 Å². The van der Waals surface area contributed by atoms with Crippen molar-refractivity contribution < 1.29 is 33.3 Å². The summed E-state index contributed by atoms with van der Waals surface area (Å²) in [5.74, 6) is 0.0370. The van der Waals surface area contributed by atoms with E-state index in [1.807, 2.05) is 0 Å². The van der Waals surface area contributed by atoms with E-state index in [2.05, 4.69) is 21.2 Å². The molecule has 0 unspecified atom stereocenters. The first-order valence-electron chi connectivity index (χ1n) is 11.2. The Labute approximate surface area is 212 Å². The second kappa shape index (κ2) is 12.1. The molecule has 0 spiro atoms. The van der Waals surface area contributed by atoms with Gasteiger partial charge in [0.15, 0.2) is 18.1 Å². The molecular formula is C26H24N4O7. The fourth-order valence-electron chi connectivity index (χ4n) is 3.28. The van der Waals surface area contributed by atoms with Crippen molar-refractivity contribution in [1.82, 2.24) is 10.7 Å². The number of methoxy groups -OCH3 is 1. The Hall–Kier alpha value is -5.06. The minimum absolute atomic E-state index is 0.126. The van der Waals surface area contributed by atoms with E-state index in [1.165, 1.54) is 6.21 Å². The molecule has 3 aromatic rings. The quantitative estimate of drug-likeness (QED) is 0.231. The predicted octanol–water partition coefficient (Wildman–Crippen LogP) is 2.21. The van der Waals surface area contributed by atoms with E-state index in [0.717, 1.165) is 5.56 Å². The summed E-state index contributed by atoms with van der Waals surface area (Å²) >= 11 is 0. The fourth-order valence-corrected chi connectivity index (χ4v) is 3.28. The minimum atomic E-state index is -0.937. The second-order valence-corrected chi connectivity index (χ2v) is 7.68. The molecule has 190 valence electrons. The van der Waals surface area contributed by atoms with Crippen LogP contribution >= 0.6 is 0 Å². The third-order valence-electron chi connectivity index (χ3n) is 5.10. The highest BCUT2D eigenvalue weighted by atomic mass is 16.7. The van der Waals surface area contributed by atoms with Crippen molar-refractivity contribution in [2.24, 2.45) is 5.10 Å². The molecule has 0 bridgehead atoms. The summed E-state index contributed by atoms with van der Waals surface area (Å²) in [4.78, 5) is 36.5. The summed E-state index contributed by atoms with van der Waals surface area (Å²) in [7, 11) is 1.54. The zero-order chi connectivity index (χ0) is 26.0. The maximum atomic E-state index is 12.3. The SMILES string of the molecule is COc1cccc(NC(=O)COc2ccccc2C=NNC(=O)C(=O)NCc2ccc3c(c2)OCO3)c1. The third-order valence-corrected chi connectivity index (χ3v) is 5.10. The molecule has 0 aromatic heterocycles. The van der Waals surface area contributed by atoms with Crippen LogP contribution in [0.15, 0.2) is 71.8 Å². The van der Waals surface area contributed by atoms with Gasteiger partial charge < -0.3 is 29.6 Å². The minimum Gasteiger partial charge on any atom is -0.497 e. The van der Waals surface area contributed by atoms with Crippen molar-refractivity contribution >= 4 is 29.6 Å². The first-order chi connectivity index (χ1) is 18.0. The van der Waals surface area contributed by atoms with Gasteiger partial charge in [-0.1, -0.05) is 24.3 Å². The zero-order valence-corrected chi connectivity index (χ0v) is 19.9. The first kappa shape index (κ1) is 25.0. The second-order valence-electron chi connectivity index (χ2n) is 7.68. The molecule has 11 nitrogen and oxygen atoms in total. The summed E-state index contributed by atoms with van der Waals surface area (Å²) in [6.45, 7) is 0.0219. The highest BCUT2D eigenvalue weighted by molar-refractivity contribution is 6.35. The Balaban J connectivity index is 1.25. The van der Waals surface area contributed by atoms with E-state index in [4.69, 9.17) is 18.9 Å². The molecule has 0 saturated carbocycles. The van der Waals surface area contributed by atoms with Gasteiger partial charge in [-0.15, -0.1) is 0 Å². The molecule has 0 aliphatic carbocycles. The molecule has 0 saturated heterocycles. The maximum absolute atomic E-state index is 12.3. The van der Waals surface area contributed by atoms with Gasteiger partial charge in [0.05, 0.1) is 13.3 Å². The van der Waals surface area contributed by atoms with Crippen molar-refractivity contribution in [3.63, 3.8) is 0 Å². The number of hydrazone groups is 1. The number of hydrogen-bond donors (Lipinski definition) is 3. The van der Waals surface area contributed by atoms with Gasteiger partial charge in [-0.3, -0.25) is 14.4 Å². The van der Waals surface area contributed by atoms with Crippen LogP contribution in [0, 0.1) is 0 Å². The number of anilines is 1. The van der Waals surface area contributed by atoms with Gasteiger partial charge in [-0.2, -0.15) is 5.10 Å². The van der Waals surface area contributed by atoms with E-state index >= 15 is 0 Å². The van der Waals surface area contributed by atoms with Gasteiger partial charge in [-0.05, 0) is 42.0 Å². The molecular weight excluding hydrogens is 480 g/mol. The van der Waals surface area contributed by atoms with E-state index in [1.54, 1.807) is 73.8 Å². The summed E-state index contributed by atoms with van der Waals surface area (Å²) in [5, 5.41) is 9.06. The Bertz CT molecular complexity index is 1330. The average molecular weight is 504 g/mol. The van der Waals surface area contributed by atoms with Crippen LogP contribution in [0.2, 0.25) is 0 Å². The van der Waals surface area contributed by atoms with Gasteiger partial charge in [0.2, 0.25) is 6.79 Å². The monoisotopic (exact) mass is 504 g/mol. The number of nitrogens with one attached hydrogen (secondary N) is 3. The molecule has 4 rings (SSSR count). The molecule has 0 atom stereocenters. The Morgan fingerprint density at radius 1 is 0.973 bits per heavy atom. The molecule has 37 heavy (non-hydrogen) atoms. The third kappa shape index (κ3) is 6.98. The molecule has 0 radical (unpaired) electrons. The first-order valence-corrected chi connectivity index (χ1v) is 11.2. The predicted molar refractivity (Wildman–Crippen MR) is 134 cm³/mol. The lowest BCUT2D eigenvalue weighted by Crippen LogP contribution is -2.37. The van der Waals surface area contributed by atoms with Crippen LogP contribution in [0.3, 0.4) is 0 Å². The number of hydrogen-bond acceptors (Lipinski definition) is 8. The number of nitrogens with zero attached hydrogens (tertiary/aromatic N) is 1. The number of amides is 3. The summed E-state index contributed by atoms with van der Waals surface area (Å²) in [6, 6.07) is 19.0. The summed E-state index contributed by atoms with van der Waals surface area (Å²) in [5.41, 5.74) is 3.99. The van der Waals surface area contributed by atoms with Crippen molar-refractivity contribution in [3.8, 4) is 23.0 Å². The Morgan fingerprint density at radius 2 is 1.81 bits per heavy atom. The maximum Gasteiger partial charge on any atom is 0.329 e. The molecule has 3 aromatic carbocycles. The zero-order valence-electron chi connectivity index (χ0n) is 19.9.